The smallest absolute Gasteiger partial charge is 0.253 e. The fourth-order valence-corrected chi connectivity index (χ4v) is 3.83. The van der Waals surface area contributed by atoms with Crippen LogP contribution in [0.2, 0.25) is 0 Å². The maximum absolute atomic E-state index is 12.6. The highest BCUT2D eigenvalue weighted by Crippen LogP contribution is 2.23. The van der Waals surface area contributed by atoms with E-state index in [0.717, 1.165) is 11.4 Å². The first kappa shape index (κ1) is 17.5. The lowest BCUT2D eigenvalue weighted by Crippen LogP contribution is -2.43. The molecule has 2 aromatic heterocycles. The van der Waals surface area contributed by atoms with Crippen LogP contribution >= 0.6 is 11.3 Å². The van der Waals surface area contributed by atoms with Crippen LogP contribution in [0.25, 0.3) is 0 Å². The molecule has 6 nitrogen and oxygen atoms in total. The molecule has 0 aliphatic carbocycles. The van der Waals surface area contributed by atoms with Crippen molar-refractivity contribution in [3.05, 3.63) is 46.7 Å². The summed E-state index contributed by atoms with van der Waals surface area (Å²) < 4.78 is 0. The fourth-order valence-electron chi connectivity index (χ4n) is 3.06. The summed E-state index contributed by atoms with van der Waals surface area (Å²) in [6.07, 6.45) is 7.21. The van der Waals surface area contributed by atoms with Crippen LogP contribution in [0.15, 0.2) is 36.1 Å². The van der Waals surface area contributed by atoms with Gasteiger partial charge in [-0.1, -0.05) is 6.92 Å². The van der Waals surface area contributed by atoms with Gasteiger partial charge in [0.15, 0.2) is 0 Å². The van der Waals surface area contributed by atoms with E-state index in [1.54, 1.807) is 42.1 Å². The zero-order chi connectivity index (χ0) is 17.6. The summed E-state index contributed by atoms with van der Waals surface area (Å²) in [6, 6.07) is 3.42. The number of carbonyl (C=O) groups is 2. The minimum Gasteiger partial charge on any atom is -0.347 e. The number of aromatic nitrogens is 2. The van der Waals surface area contributed by atoms with Gasteiger partial charge < -0.3 is 10.2 Å². The molecule has 2 amide bonds. The third-order valence-corrected chi connectivity index (χ3v) is 5.44. The Morgan fingerprint density at radius 2 is 2.00 bits per heavy atom. The molecule has 0 saturated carbocycles. The number of hydrogen-bond donors (Lipinski definition) is 1. The van der Waals surface area contributed by atoms with Gasteiger partial charge in [-0.25, -0.2) is 4.98 Å². The minimum atomic E-state index is -0.0458. The van der Waals surface area contributed by atoms with Crippen molar-refractivity contribution in [2.75, 3.05) is 13.1 Å². The van der Waals surface area contributed by atoms with E-state index < -0.39 is 0 Å². The third-order valence-electron chi connectivity index (χ3n) is 4.55. The van der Waals surface area contributed by atoms with Crippen molar-refractivity contribution >= 4 is 23.2 Å². The Hall–Kier alpha value is -2.28. The maximum Gasteiger partial charge on any atom is 0.253 e. The SMILES string of the molecule is CC[C@H](NC(=O)C1CCN(C(=O)c2ccncc2)CC1)c1nccs1. The van der Waals surface area contributed by atoms with Crippen LogP contribution in [0.4, 0.5) is 0 Å². The van der Waals surface area contributed by atoms with E-state index in [1.807, 2.05) is 17.2 Å². The summed E-state index contributed by atoms with van der Waals surface area (Å²) in [5, 5.41) is 5.98. The number of hydrogen-bond acceptors (Lipinski definition) is 5. The van der Waals surface area contributed by atoms with Gasteiger partial charge in [0.1, 0.15) is 5.01 Å². The number of thiazole rings is 1. The molecule has 0 bridgehead atoms. The number of likely N-dealkylation sites (tertiary alicyclic amines) is 1. The molecule has 0 aromatic carbocycles. The lowest BCUT2D eigenvalue weighted by molar-refractivity contribution is -0.127. The molecular formula is C18H22N4O2S. The number of rotatable bonds is 5. The van der Waals surface area contributed by atoms with E-state index >= 15 is 0 Å². The number of piperidine rings is 1. The van der Waals surface area contributed by atoms with Crippen molar-refractivity contribution < 1.29 is 9.59 Å². The van der Waals surface area contributed by atoms with Crippen LogP contribution < -0.4 is 5.32 Å². The van der Waals surface area contributed by atoms with Gasteiger partial charge in [-0.05, 0) is 31.4 Å². The summed E-state index contributed by atoms with van der Waals surface area (Å²) in [4.78, 5) is 35.1. The Balaban J connectivity index is 1.53. The first-order valence-corrected chi connectivity index (χ1v) is 9.46. The number of pyridine rings is 1. The van der Waals surface area contributed by atoms with E-state index in [4.69, 9.17) is 0 Å². The molecule has 1 aliphatic heterocycles. The highest BCUT2D eigenvalue weighted by Gasteiger charge is 2.29. The summed E-state index contributed by atoms with van der Waals surface area (Å²) in [5.41, 5.74) is 0.646. The average Bonchev–Trinajstić information content (AvgIpc) is 3.20. The molecule has 7 heteroatoms. The molecule has 0 radical (unpaired) electrons. The maximum atomic E-state index is 12.6. The predicted molar refractivity (Wildman–Crippen MR) is 96.2 cm³/mol. The molecule has 1 aliphatic rings. The van der Waals surface area contributed by atoms with Gasteiger partial charge in [-0.2, -0.15) is 0 Å². The van der Waals surface area contributed by atoms with Gasteiger partial charge in [0.05, 0.1) is 6.04 Å². The topological polar surface area (TPSA) is 75.2 Å². The molecule has 1 saturated heterocycles. The molecule has 25 heavy (non-hydrogen) atoms. The number of nitrogens with zero attached hydrogens (tertiary/aromatic N) is 3. The van der Waals surface area contributed by atoms with E-state index in [9.17, 15) is 9.59 Å². The molecule has 0 spiro atoms. The fraction of sp³-hybridized carbons (Fsp3) is 0.444. The highest BCUT2D eigenvalue weighted by molar-refractivity contribution is 7.09. The van der Waals surface area contributed by atoms with Crippen molar-refractivity contribution in [1.82, 2.24) is 20.2 Å². The molecule has 1 fully saturated rings. The zero-order valence-electron chi connectivity index (χ0n) is 14.2. The van der Waals surface area contributed by atoms with Gasteiger partial charge >= 0.3 is 0 Å². The van der Waals surface area contributed by atoms with Crippen molar-refractivity contribution in [2.45, 2.75) is 32.2 Å². The molecule has 132 valence electrons. The van der Waals surface area contributed by atoms with Gasteiger partial charge in [-0.3, -0.25) is 14.6 Å². The molecular weight excluding hydrogens is 336 g/mol. The normalized spacial score (nSPS) is 16.4. The van der Waals surface area contributed by atoms with E-state index in [-0.39, 0.29) is 23.8 Å². The summed E-state index contributed by atoms with van der Waals surface area (Å²) in [6.45, 7) is 3.25. The van der Waals surface area contributed by atoms with Crippen molar-refractivity contribution in [1.29, 1.82) is 0 Å². The van der Waals surface area contributed by atoms with Crippen molar-refractivity contribution in [3.8, 4) is 0 Å². The Bertz CT molecular complexity index is 697. The first-order valence-electron chi connectivity index (χ1n) is 8.58. The third kappa shape index (κ3) is 4.22. The summed E-state index contributed by atoms with van der Waals surface area (Å²) in [5.74, 6) is 0.0315. The van der Waals surface area contributed by atoms with Crippen molar-refractivity contribution in [3.63, 3.8) is 0 Å². The lowest BCUT2D eigenvalue weighted by atomic mass is 9.95. The Morgan fingerprint density at radius 3 is 2.60 bits per heavy atom. The average molecular weight is 358 g/mol. The van der Waals surface area contributed by atoms with Crippen LogP contribution in [0.5, 0.6) is 0 Å². The standard InChI is InChI=1S/C18H22N4O2S/c1-2-15(17-20-9-12-25-17)21-16(23)13-5-10-22(11-6-13)18(24)14-3-7-19-8-4-14/h3-4,7-9,12-13,15H,2,5-6,10-11H2,1H3,(H,21,23)/t15-/m0/s1. The van der Waals surface area contributed by atoms with Crippen LogP contribution in [0.3, 0.4) is 0 Å². The van der Waals surface area contributed by atoms with E-state index in [1.165, 1.54) is 0 Å². The Morgan fingerprint density at radius 1 is 1.28 bits per heavy atom. The Kier molecular flexibility index (Phi) is 5.75. The second-order valence-electron chi connectivity index (χ2n) is 6.14. The van der Waals surface area contributed by atoms with Crippen molar-refractivity contribution in [2.24, 2.45) is 5.92 Å². The predicted octanol–water partition coefficient (Wildman–Crippen LogP) is 2.66. The minimum absolute atomic E-state index is 0.00970. The molecule has 3 heterocycles. The molecule has 2 aromatic rings. The van der Waals surface area contributed by atoms with Gasteiger partial charge in [0, 0.05) is 48.5 Å². The molecule has 0 unspecified atom stereocenters. The highest BCUT2D eigenvalue weighted by atomic mass is 32.1. The second kappa shape index (κ2) is 8.20. The van der Waals surface area contributed by atoms with E-state index in [0.29, 0.717) is 31.5 Å². The van der Waals surface area contributed by atoms with Crippen LogP contribution in [-0.2, 0) is 4.79 Å². The monoisotopic (exact) mass is 358 g/mol. The molecule has 1 N–H and O–H groups in total. The van der Waals surface area contributed by atoms with Gasteiger partial charge in [0.2, 0.25) is 5.91 Å². The molecule has 1 atom stereocenters. The second-order valence-corrected chi connectivity index (χ2v) is 7.07. The number of nitrogens with one attached hydrogen (secondary N) is 1. The summed E-state index contributed by atoms with van der Waals surface area (Å²) in [7, 11) is 0. The largest absolute Gasteiger partial charge is 0.347 e. The van der Waals surface area contributed by atoms with Gasteiger partial charge in [0.25, 0.3) is 5.91 Å². The zero-order valence-corrected chi connectivity index (χ0v) is 15.0. The molecule has 3 rings (SSSR count). The van der Waals surface area contributed by atoms with Crippen LogP contribution in [0, 0.1) is 5.92 Å². The van der Waals surface area contributed by atoms with Gasteiger partial charge in [-0.15, -0.1) is 11.3 Å². The summed E-state index contributed by atoms with van der Waals surface area (Å²) >= 11 is 1.56. The van der Waals surface area contributed by atoms with Crippen LogP contribution in [-0.4, -0.2) is 39.8 Å². The van der Waals surface area contributed by atoms with E-state index in [2.05, 4.69) is 15.3 Å². The Labute approximate surface area is 151 Å². The number of amides is 2. The lowest BCUT2D eigenvalue weighted by Gasteiger charge is -2.32. The first-order chi connectivity index (χ1) is 12.2. The quantitative estimate of drug-likeness (QED) is 0.892. The van der Waals surface area contributed by atoms with Crippen LogP contribution in [0.1, 0.15) is 47.6 Å². The number of carbonyl (C=O) groups excluding carboxylic acids is 2.